The number of amides is 2. The van der Waals surface area contributed by atoms with E-state index in [0.29, 0.717) is 17.7 Å². The zero-order valence-corrected chi connectivity index (χ0v) is 20.9. The van der Waals surface area contributed by atoms with Crippen molar-refractivity contribution < 1.29 is 22.7 Å². The maximum atomic E-state index is 13.8. The van der Waals surface area contributed by atoms with Crippen LogP contribution in [0.2, 0.25) is 0 Å². The summed E-state index contributed by atoms with van der Waals surface area (Å²) in [7, 11) is -1.93. The van der Waals surface area contributed by atoms with Crippen molar-refractivity contribution in [1.82, 2.24) is 10.2 Å². The van der Waals surface area contributed by atoms with Gasteiger partial charge in [0.2, 0.25) is 11.8 Å². The second kappa shape index (κ2) is 9.41. The van der Waals surface area contributed by atoms with Crippen LogP contribution in [0.25, 0.3) is 0 Å². The van der Waals surface area contributed by atoms with Crippen LogP contribution in [-0.4, -0.2) is 50.6 Å². The Morgan fingerprint density at radius 1 is 1.09 bits per heavy atom. The third-order valence-electron chi connectivity index (χ3n) is 6.80. The molecule has 0 spiro atoms. The molecule has 4 rings (SSSR count). The van der Waals surface area contributed by atoms with Crippen molar-refractivity contribution >= 4 is 21.7 Å². The molecule has 2 atom stereocenters. The maximum absolute atomic E-state index is 13.8. The zero-order chi connectivity index (χ0) is 24.6. The van der Waals surface area contributed by atoms with Crippen molar-refractivity contribution in [3.63, 3.8) is 0 Å². The molecule has 0 aromatic heterocycles. The Balaban J connectivity index is 1.65. The Morgan fingerprint density at radius 2 is 1.74 bits per heavy atom. The molecule has 1 heterocycles. The van der Waals surface area contributed by atoms with E-state index in [2.05, 4.69) is 17.4 Å². The zero-order valence-electron chi connectivity index (χ0n) is 20.1. The molecule has 0 radical (unpaired) electrons. The van der Waals surface area contributed by atoms with Gasteiger partial charge < -0.3 is 15.0 Å². The van der Waals surface area contributed by atoms with Crippen LogP contribution < -0.4 is 10.1 Å². The molecule has 0 saturated carbocycles. The quantitative estimate of drug-likeness (QED) is 0.652. The standard InChI is InChI=1S/C26H32N2O5S/c1-16(2)11-22-25(29)27-24(20-12-17-7-5-6-8-18(17)13-20)26(30)28(22)15-19-9-10-21(34(4,31)32)14-23(19)33-3/h5-10,14,16,20,22,24H,11-13,15H2,1-4H3,(H,27,29)/t22-,24-/m1/s1. The van der Waals surface area contributed by atoms with Crippen molar-refractivity contribution in [2.45, 2.75) is 56.6 Å². The Morgan fingerprint density at radius 3 is 2.29 bits per heavy atom. The second-order valence-electron chi connectivity index (χ2n) is 9.78. The molecule has 2 aromatic carbocycles. The molecule has 34 heavy (non-hydrogen) atoms. The van der Waals surface area contributed by atoms with Crippen LogP contribution in [0.4, 0.5) is 0 Å². The number of hydrogen-bond acceptors (Lipinski definition) is 5. The predicted octanol–water partition coefficient (Wildman–Crippen LogP) is 2.76. The largest absolute Gasteiger partial charge is 0.496 e. The molecule has 0 unspecified atom stereocenters. The second-order valence-corrected chi connectivity index (χ2v) is 11.8. The fraction of sp³-hybridized carbons (Fsp3) is 0.462. The summed E-state index contributed by atoms with van der Waals surface area (Å²) >= 11 is 0. The van der Waals surface area contributed by atoms with Gasteiger partial charge in [-0.15, -0.1) is 0 Å². The van der Waals surface area contributed by atoms with Gasteiger partial charge in [0.15, 0.2) is 9.84 Å². The number of sulfone groups is 1. The highest BCUT2D eigenvalue weighted by molar-refractivity contribution is 7.90. The topological polar surface area (TPSA) is 92.8 Å². The number of fused-ring (bicyclic) bond motifs is 1. The Hall–Kier alpha value is -2.87. The van der Waals surface area contributed by atoms with E-state index in [1.165, 1.54) is 30.4 Å². The lowest BCUT2D eigenvalue weighted by Crippen LogP contribution is -2.65. The molecule has 7 nitrogen and oxygen atoms in total. The monoisotopic (exact) mass is 484 g/mol. The van der Waals surface area contributed by atoms with Gasteiger partial charge in [0.1, 0.15) is 17.8 Å². The number of methoxy groups -OCH3 is 1. The molecular formula is C26H32N2O5S. The summed E-state index contributed by atoms with van der Waals surface area (Å²) in [5.74, 6) is 0.367. The minimum atomic E-state index is -3.40. The molecule has 0 bridgehead atoms. The molecule has 8 heteroatoms. The van der Waals surface area contributed by atoms with Crippen LogP contribution in [0.15, 0.2) is 47.4 Å². The molecule has 2 aliphatic rings. The number of carbonyl (C=O) groups excluding carboxylic acids is 2. The average molecular weight is 485 g/mol. The van der Waals surface area contributed by atoms with Crippen LogP contribution >= 0.6 is 0 Å². The summed E-state index contributed by atoms with van der Waals surface area (Å²) in [6.45, 7) is 4.22. The first-order chi connectivity index (χ1) is 16.1. The predicted molar refractivity (Wildman–Crippen MR) is 129 cm³/mol. The first kappa shape index (κ1) is 24.3. The van der Waals surface area contributed by atoms with Crippen molar-refractivity contribution in [3.05, 3.63) is 59.2 Å². The van der Waals surface area contributed by atoms with E-state index < -0.39 is 21.9 Å². The average Bonchev–Trinajstić information content (AvgIpc) is 3.21. The van der Waals surface area contributed by atoms with E-state index in [1.807, 2.05) is 26.0 Å². The molecule has 1 fully saturated rings. The van der Waals surface area contributed by atoms with Gasteiger partial charge in [0.05, 0.1) is 18.6 Å². The molecule has 1 N–H and O–H groups in total. The van der Waals surface area contributed by atoms with Crippen molar-refractivity contribution in [3.8, 4) is 5.75 Å². The van der Waals surface area contributed by atoms with Gasteiger partial charge >= 0.3 is 0 Å². The van der Waals surface area contributed by atoms with Crippen LogP contribution in [0.3, 0.4) is 0 Å². The summed E-state index contributed by atoms with van der Waals surface area (Å²) in [6, 6.07) is 11.6. The molecule has 1 saturated heterocycles. The Kier molecular flexibility index (Phi) is 6.71. The Labute approximate surface area is 201 Å². The highest BCUT2D eigenvalue weighted by Crippen LogP contribution is 2.33. The SMILES string of the molecule is COc1cc(S(C)(=O)=O)ccc1CN1C(=O)[C@@H](C2Cc3ccccc3C2)NC(=O)[C@H]1CC(C)C. The van der Waals surface area contributed by atoms with Gasteiger partial charge in [0, 0.05) is 11.8 Å². The first-order valence-electron chi connectivity index (χ1n) is 11.6. The maximum Gasteiger partial charge on any atom is 0.246 e. The Bertz CT molecular complexity index is 1180. The molecule has 1 aliphatic carbocycles. The summed E-state index contributed by atoms with van der Waals surface area (Å²) in [4.78, 5) is 28.9. The van der Waals surface area contributed by atoms with E-state index in [1.54, 1.807) is 11.0 Å². The summed E-state index contributed by atoms with van der Waals surface area (Å²) in [5, 5.41) is 3.03. The highest BCUT2D eigenvalue weighted by atomic mass is 32.2. The van der Waals surface area contributed by atoms with Crippen LogP contribution in [-0.2, 0) is 38.8 Å². The van der Waals surface area contributed by atoms with Gasteiger partial charge in [-0.2, -0.15) is 0 Å². The number of nitrogens with one attached hydrogen (secondary N) is 1. The smallest absolute Gasteiger partial charge is 0.246 e. The number of ether oxygens (including phenoxy) is 1. The molecule has 182 valence electrons. The van der Waals surface area contributed by atoms with E-state index in [0.717, 1.165) is 19.1 Å². The molecule has 2 aromatic rings. The lowest BCUT2D eigenvalue weighted by molar-refractivity contribution is -0.152. The number of nitrogens with zero attached hydrogens (tertiary/aromatic N) is 1. The van der Waals surface area contributed by atoms with Crippen LogP contribution in [0, 0.1) is 11.8 Å². The molecule has 2 amide bonds. The van der Waals surface area contributed by atoms with E-state index in [4.69, 9.17) is 4.74 Å². The lowest BCUT2D eigenvalue weighted by Gasteiger charge is -2.41. The van der Waals surface area contributed by atoms with Gasteiger partial charge in [-0.3, -0.25) is 9.59 Å². The molecular weight excluding hydrogens is 452 g/mol. The number of hydrogen-bond donors (Lipinski definition) is 1. The summed E-state index contributed by atoms with van der Waals surface area (Å²) in [6.07, 6.45) is 3.19. The fourth-order valence-corrected chi connectivity index (χ4v) is 5.71. The van der Waals surface area contributed by atoms with Crippen molar-refractivity contribution in [1.29, 1.82) is 0 Å². The number of carbonyl (C=O) groups is 2. The summed E-state index contributed by atoms with van der Waals surface area (Å²) < 4.78 is 29.4. The van der Waals surface area contributed by atoms with Gasteiger partial charge in [0.25, 0.3) is 0 Å². The summed E-state index contributed by atoms with van der Waals surface area (Å²) in [5.41, 5.74) is 3.12. The number of benzene rings is 2. The third kappa shape index (κ3) is 4.82. The number of piperazine rings is 1. The highest BCUT2D eigenvalue weighted by Gasteiger charge is 2.45. The van der Waals surface area contributed by atoms with Crippen molar-refractivity contribution in [2.75, 3.05) is 13.4 Å². The fourth-order valence-electron chi connectivity index (χ4n) is 5.07. The minimum Gasteiger partial charge on any atom is -0.496 e. The molecule has 1 aliphatic heterocycles. The first-order valence-corrected chi connectivity index (χ1v) is 13.5. The van der Waals surface area contributed by atoms with Crippen molar-refractivity contribution in [2.24, 2.45) is 11.8 Å². The van der Waals surface area contributed by atoms with Gasteiger partial charge in [-0.1, -0.05) is 44.2 Å². The minimum absolute atomic E-state index is 0.00542. The van der Waals surface area contributed by atoms with Crippen LogP contribution in [0.5, 0.6) is 5.75 Å². The van der Waals surface area contributed by atoms with Crippen LogP contribution in [0.1, 0.15) is 37.0 Å². The van der Waals surface area contributed by atoms with E-state index in [-0.39, 0.29) is 35.1 Å². The normalized spacial score (nSPS) is 21.0. The van der Waals surface area contributed by atoms with Gasteiger partial charge in [-0.05, 0) is 54.4 Å². The lowest BCUT2D eigenvalue weighted by atomic mass is 9.90. The van der Waals surface area contributed by atoms with E-state index in [9.17, 15) is 18.0 Å². The number of rotatable bonds is 7. The third-order valence-corrected chi connectivity index (χ3v) is 7.91. The van der Waals surface area contributed by atoms with Gasteiger partial charge in [-0.25, -0.2) is 8.42 Å². The van der Waals surface area contributed by atoms with E-state index >= 15 is 0 Å².